The number of hydrogen-bond donors (Lipinski definition) is 1. The van der Waals surface area contributed by atoms with Crippen molar-refractivity contribution in [3.63, 3.8) is 0 Å². The topological polar surface area (TPSA) is 188 Å². The average molecular weight is 864 g/mol. The fraction of sp³-hybridized carbons (Fsp3) is 0.786. The molecule has 60 heavy (non-hydrogen) atoms. The Morgan fingerprint density at radius 1 is 1.12 bits per heavy atom. The lowest BCUT2D eigenvalue weighted by Gasteiger charge is -2.46. The first-order valence-corrected chi connectivity index (χ1v) is 21.7. The van der Waals surface area contributed by atoms with E-state index in [1.807, 2.05) is 65.2 Å². The summed E-state index contributed by atoms with van der Waals surface area (Å²) in [6.45, 7) is 15.3. The van der Waals surface area contributed by atoms with Crippen LogP contribution in [0.15, 0.2) is 17.8 Å². The second kappa shape index (κ2) is 20.5. The number of aryl methyl sites for hydroxylation is 1. The van der Waals surface area contributed by atoms with Crippen LogP contribution in [0.1, 0.15) is 101 Å². The van der Waals surface area contributed by atoms with E-state index >= 15 is 0 Å². The number of aromatic nitrogens is 4. The van der Waals surface area contributed by atoms with Crippen molar-refractivity contribution in [1.82, 2.24) is 34.7 Å². The highest BCUT2D eigenvalue weighted by atomic mass is 32.1. The number of carbonyl (C=O) groups is 4. The van der Waals surface area contributed by atoms with E-state index in [1.54, 1.807) is 27.6 Å². The van der Waals surface area contributed by atoms with Gasteiger partial charge in [-0.05, 0) is 86.7 Å². The number of Topliss-reactive ketones (excluding diaryl/α,β-unsaturated/α-hetero) is 1. The van der Waals surface area contributed by atoms with Crippen LogP contribution in [0.2, 0.25) is 0 Å². The molecule has 2 aromatic rings. The monoisotopic (exact) mass is 863 g/mol. The first-order chi connectivity index (χ1) is 27.8. The molecule has 18 heteroatoms. The van der Waals surface area contributed by atoms with Gasteiger partial charge < -0.3 is 38.6 Å². The number of hydrogen-bond acceptors (Lipinski definition) is 15. The number of nitrogens with zero attached hydrogens (tertiary/aromatic N) is 7. The summed E-state index contributed by atoms with van der Waals surface area (Å²) in [6, 6.07) is -1.56. The lowest BCUT2D eigenvalue weighted by molar-refractivity contribution is -0.289. The van der Waals surface area contributed by atoms with E-state index in [0.717, 1.165) is 5.01 Å². The third-order valence-corrected chi connectivity index (χ3v) is 13.3. The zero-order chi connectivity index (χ0) is 43.4. The number of cyclic esters (lactones) is 1. The number of aliphatic hydroxyl groups excluding tert-OH is 1. The average Bonchev–Trinajstić information content (AvgIpc) is 3.94. The highest BCUT2D eigenvalue weighted by Crippen LogP contribution is 2.41. The molecule has 17 nitrogen and oxygen atoms in total. The van der Waals surface area contributed by atoms with Gasteiger partial charge in [0.15, 0.2) is 11.9 Å². The third kappa shape index (κ3) is 10.7. The maximum absolute atomic E-state index is 14.1. The number of unbranched alkanes of at least 4 members (excludes halogenated alkanes) is 1. The second-order valence-electron chi connectivity index (χ2n) is 17.3. The fourth-order valence-corrected chi connectivity index (χ4v) is 9.71. The van der Waals surface area contributed by atoms with Gasteiger partial charge in [-0.15, -0.1) is 16.4 Å². The molecule has 3 unspecified atom stereocenters. The van der Waals surface area contributed by atoms with Crippen molar-refractivity contribution in [2.75, 3.05) is 34.3 Å². The summed E-state index contributed by atoms with van der Waals surface area (Å²) in [4.78, 5) is 65.3. The molecule has 3 fully saturated rings. The SMILES string of the molecule is C.CC[C@H]1OC(=O)[C@H](C)C(=O)C[C@@H](O[C@@H]2OC(C)CC(N(C)C)C2O)[C@](C)(OC)C[C@@H](C)CN(C(C)=O)[C@H](C)[C@H]2N(CCCCn3cc(-c4nccs4)nn3)C(=O)O[C@]12C. The number of rotatable bonds is 11. The summed E-state index contributed by atoms with van der Waals surface area (Å²) in [6.07, 6.45) is 0.943. The summed E-state index contributed by atoms with van der Waals surface area (Å²) in [5, 5.41) is 22.5. The maximum Gasteiger partial charge on any atom is 0.410 e. The van der Waals surface area contributed by atoms with Crippen LogP contribution in [0, 0.1) is 11.8 Å². The number of amides is 2. The molecule has 2 aromatic heterocycles. The van der Waals surface area contributed by atoms with Gasteiger partial charge in [0.25, 0.3) is 0 Å². The molecular formula is C42H69N7O10S. The van der Waals surface area contributed by atoms with E-state index in [9.17, 15) is 24.3 Å². The van der Waals surface area contributed by atoms with Crippen LogP contribution >= 0.6 is 11.3 Å². The first-order valence-electron chi connectivity index (χ1n) is 20.8. The van der Waals surface area contributed by atoms with Crippen LogP contribution in [-0.2, 0) is 44.6 Å². The molecule has 338 valence electrons. The van der Waals surface area contributed by atoms with Crippen molar-refractivity contribution in [3.05, 3.63) is 17.8 Å². The van der Waals surface area contributed by atoms with Crippen LogP contribution in [0.4, 0.5) is 4.79 Å². The number of aliphatic hydroxyl groups is 1. The van der Waals surface area contributed by atoms with Gasteiger partial charge in [-0.3, -0.25) is 24.0 Å². The normalized spacial score (nSPS) is 34.6. The third-order valence-electron chi connectivity index (χ3n) is 12.5. The van der Waals surface area contributed by atoms with Crippen molar-refractivity contribution in [2.24, 2.45) is 11.8 Å². The van der Waals surface area contributed by atoms with Gasteiger partial charge in [0, 0.05) is 57.7 Å². The summed E-state index contributed by atoms with van der Waals surface area (Å²) >= 11 is 1.48. The number of ketones is 1. The molecule has 5 rings (SSSR count). The lowest BCUT2D eigenvalue weighted by Crippen LogP contribution is -2.62. The molecule has 2 amide bonds. The smallest absolute Gasteiger partial charge is 0.410 e. The Kier molecular flexibility index (Phi) is 16.8. The number of carbonyl (C=O) groups excluding carboxylic acids is 4. The minimum atomic E-state index is -1.38. The Balaban J connectivity index is 0.00000794. The first kappa shape index (κ1) is 49.1. The highest BCUT2D eigenvalue weighted by molar-refractivity contribution is 7.13. The van der Waals surface area contributed by atoms with E-state index in [2.05, 4.69) is 15.3 Å². The van der Waals surface area contributed by atoms with Crippen molar-refractivity contribution in [1.29, 1.82) is 0 Å². The molecule has 5 heterocycles. The Bertz CT molecular complexity index is 1750. The molecule has 0 saturated carbocycles. The minimum absolute atomic E-state index is 0. The Hall–Kier alpha value is -3.55. The predicted molar refractivity (Wildman–Crippen MR) is 225 cm³/mol. The molecule has 12 atom stereocenters. The Morgan fingerprint density at radius 3 is 2.43 bits per heavy atom. The van der Waals surface area contributed by atoms with Crippen molar-refractivity contribution >= 4 is 35.1 Å². The summed E-state index contributed by atoms with van der Waals surface area (Å²) < 4.78 is 33.0. The van der Waals surface area contributed by atoms with Gasteiger partial charge in [0.2, 0.25) is 5.91 Å². The van der Waals surface area contributed by atoms with Crippen molar-refractivity contribution < 1.29 is 48.0 Å². The van der Waals surface area contributed by atoms with Gasteiger partial charge >= 0.3 is 12.1 Å². The molecule has 0 aromatic carbocycles. The summed E-state index contributed by atoms with van der Waals surface area (Å²) in [5.41, 5.74) is -1.82. The van der Waals surface area contributed by atoms with E-state index in [-0.39, 0.29) is 50.8 Å². The van der Waals surface area contributed by atoms with E-state index in [0.29, 0.717) is 44.5 Å². The standard InChI is InChI=1S/C41H65N7O10S.CH4/c1-12-32-41(8)35(47(39(53)58-41)17-14-13-16-46-23-29(43-44-46)36-42-15-18-59-36)27(5)48(28(6)49)22-24(2)21-40(7,54-11)33(20-31(50)26(4)37(52)56-32)57-38-34(51)30(45(9)10)19-25(3)55-38;/h15,18,23-27,30,32-35,38,51H,12-14,16-17,19-22H2,1-11H3;1H4/t24-,25?,26-,27-,30?,32-,33-,34?,35-,38+,40-,41-;/m1./s1. The van der Waals surface area contributed by atoms with Crippen molar-refractivity contribution in [2.45, 2.75) is 168 Å². The molecular weight excluding hydrogens is 795 g/mol. The number of ether oxygens (including phenoxy) is 5. The van der Waals surface area contributed by atoms with E-state index in [1.165, 1.54) is 32.3 Å². The largest absolute Gasteiger partial charge is 0.458 e. The van der Waals surface area contributed by atoms with Crippen LogP contribution in [0.5, 0.6) is 0 Å². The highest BCUT2D eigenvalue weighted by Gasteiger charge is 2.59. The number of fused-ring (bicyclic) bond motifs is 1. The Morgan fingerprint density at radius 2 is 1.82 bits per heavy atom. The predicted octanol–water partition coefficient (Wildman–Crippen LogP) is 4.81. The molecule has 3 aliphatic rings. The van der Waals surface area contributed by atoms with Crippen molar-refractivity contribution in [3.8, 4) is 10.7 Å². The maximum atomic E-state index is 14.1. The molecule has 0 spiro atoms. The van der Waals surface area contributed by atoms with Gasteiger partial charge in [-0.25, -0.2) is 9.78 Å². The molecule has 1 N–H and O–H groups in total. The molecule has 0 bridgehead atoms. The van der Waals surface area contributed by atoms with Gasteiger partial charge in [-0.1, -0.05) is 26.5 Å². The van der Waals surface area contributed by atoms with Gasteiger partial charge in [-0.2, -0.15) is 0 Å². The number of likely N-dealkylation sites (N-methyl/N-ethyl adjacent to an activating group) is 1. The van der Waals surface area contributed by atoms with E-state index < -0.39 is 71.7 Å². The summed E-state index contributed by atoms with van der Waals surface area (Å²) in [7, 11) is 5.30. The molecule has 0 aliphatic carbocycles. The number of methoxy groups -OCH3 is 1. The van der Waals surface area contributed by atoms with Crippen LogP contribution < -0.4 is 0 Å². The van der Waals surface area contributed by atoms with Gasteiger partial charge in [0.1, 0.15) is 34.6 Å². The zero-order valence-corrected chi connectivity index (χ0v) is 37.3. The van der Waals surface area contributed by atoms with Crippen LogP contribution in [0.3, 0.4) is 0 Å². The number of esters is 1. The zero-order valence-electron chi connectivity index (χ0n) is 36.5. The van der Waals surface area contributed by atoms with Gasteiger partial charge in [0.05, 0.1) is 36.1 Å². The molecule has 0 radical (unpaired) electrons. The lowest BCUT2D eigenvalue weighted by atomic mass is 9.82. The van der Waals surface area contributed by atoms with Crippen LogP contribution in [-0.4, -0.2) is 158 Å². The summed E-state index contributed by atoms with van der Waals surface area (Å²) in [5.74, 6) is -2.84. The minimum Gasteiger partial charge on any atom is -0.458 e. The second-order valence-corrected chi connectivity index (χ2v) is 18.2. The number of thiazole rings is 1. The Labute approximate surface area is 359 Å². The van der Waals surface area contributed by atoms with Crippen LogP contribution in [0.25, 0.3) is 10.7 Å². The molecule has 3 saturated heterocycles. The fourth-order valence-electron chi connectivity index (χ4n) is 9.12. The molecule has 3 aliphatic heterocycles. The quantitative estimate of drug-likeness (QED) is 0.184. The van der Waals surface area contributed by atoms with E-state index in [4.69, 9.17) is 23.7 Å².